The van der Waals surface area contributed by atoms with Crippen molar-refractivity contribution < 1.29 is 9.18 Å². The van der Waals surface area contributed by atoms with E-state index in [1.54, 1.807) is 6.92 Å². The molecule has 1 aromatic rings. The fraction of sp³-hybridized carbons (Fsp3) is 0.455. The van der Waals surface area contributed by atoms with E-state index < -0.39 is 17.8 Å². The first-order valence-electron chi connectivity index (χ1n) is 6.02. The molecule has 0 unspecified atom stereocenters. The zero-order valence-corrected chi connectivity index (χ0v) is 11.1. The maximum atomic E-state index is 13.3. The number of carbonyl (C=O) groups excluding carboxylic acids is 1. The number of hydrogen-bond acceptors (Lipinski definition) is 5. The number of rotatable bonds is 7. The summed E-state index contributed by atoms with van der Waals surface area (Å²) in [6.45, 7) is 1.48. The topological polar surface area (TPSA) is 135 Å². The molecule has 9 heteroatoms. The van der Waals surface area contributed by atoms with Gasteiger partial charge in [0.15, 0.2) is 0 Å². The number of aromatic amines is 1. The van der Waals surface area contributed by atoms with Crippen molar-refractivity contribution in [2.75, 3.05) is 11.9 Å². The fourth-order valence-electron chi connectivity index (χ4n) is 1.29. The molecule has 110 valence electrons. The van der Waals surface area contributed by atoms with Crippen LogP contribution in [0.1, 0.15) is 19.8 Å². The monoisotopic (exact) mass is 283 g/mol. The van der Waals surface area contributed by atoms with Crippen LogP contribution >= 0.6 is 0 Å². The van der Waals surface area contributed by atoms with Crippen LogP contribution < -0.4 is 16.8 Å². The summed E-state index contributed by atoms with van der Waals surface area (Å²) in [6.07, 6.45) is 3.24. The Bertz CT molecular complexity index is 479. The molecule has 0 saturated carbocycles. The summed E-state index contributed by atoms with van der Waals surface area (Å²) in [7, 11) is 0. The Morgan fingerprint density at radius 1 is 1.70 bits per heavy atom. The number of amidine groups is 1. The molecule has 0 aliphatic carbocycles. The van der Waals surface area contributed by atoms with Crippen LogP contribution in [0.2, 0.25) is 0 Å². The normalized spacial score (nSPS) is 14.2. The molecule has 1 rings (SSSR count). The van der Waals surface area contributed by atoms with E-state index in [-0.39, 0.29) is 12.5 Å². The smallest absolute Gasteiger partial charge is 0.243 e. The van der Waals surface area contributed by atoms with Crippen molar-refractivity contribution in [2.24, 2.45) is 16.5 Å². The lowest BCUT2D eigenvalue weighted by molar-refractivity contribution is -0.117. The van der Waals surface area contributed by atoms with Gasteiger partial charge in [-0.1, -0.05) is 6.08 Å². The summed E-state index contributed by atoms with van der Waals surface area (Å²) >= 11 is 0. The van der Waals surface area contributed by atoms with Gasteiger partial charge in [0, 0.05) is 0 Å². The highest BCUT2D eigenvalue weighted by Gasteiger charge is 2.13. The summed E-state index contributed by atoms with van der Waals surface area (Å²) in [6, 6.07) is -0.760. The summed E-state index contributed by atoms with van der Waals surface area (Å²) in [5, 5.41) is 8.51. The van der Waals surface area contributed by atoms with Crippen LogP contribution in [0.4, 0.5) is 10.3 Å². The van der Waals surface area contributed by atoms with Gasteiger partial charge in [-0.2, -0.15) is 10.1 Å². The Morgan fingerprint density at radius 3 is 3.05 bits per heavy atom. The van der Waals surface area contributed by atoms with Gasteiger partial charge in [0.1, 0.15) is 12.2 Å². The number of H-pyrrole nitrogens is 1. The first-order valence-corrected chi connectivity index (χ1v) is 6.02. The third-order valence-electron chi connectivity index (χ3n) is 2.32. The zero-order chi connectivity index (χ0) is 15.0. The molecular formula is C11H18FN7O. The van der Waals surface area contributed by atoms with Gasteiger partial charge in [0.2, 0.25) is 11.9 Å². The average Bonchev–Trinajstić information content (AvgIpc) is 2.89. The molecule has 1 heterocycles. The minimum absolute atomic E-state index is 0.0954. The summed E-state index contributed by atoms with van der Waals surface area (Å²) in [5.41, 5.74) is 11.0. The summed E-state index contributed by atoms with van der Waals surface area (Å²) < 4.78 is 13.3. The number of aromatic nitrogens is 3. The van der Waals surface area contributed by atoms with E-state index in [4.69, 9.17) is 11.5 Å². The number of anilines is 1. The number of nitrogens with two attached hydrogens (primary N) is 2. The molecule has 20 heavy (non-hydrogen) atoms. The predicted octanol–water partition coefficient (Wildman–Crippen LogP) is 0.0812. The van der Waals surface area contributed by atoms with E-state index in [2.05, 4.69) is 25.5 Å². The van der Waals surface area contributed by atoms with Gasteiger partial charge in [-0.05, 0) is 19.8 Å². The average molecular weight is 283 g/mol. The minimum Gasteiger partial charge on any atom is -0.388 e. The molecular weight excluding hydrogens is 265 g/mol. The molecule has 8 nitrogen and oxygen atoms in total. The van der Waals surface area contributed by atoms with Crippen molar-refractivity contribution >= 4 is 17.7 Å². The van der Waals surface area contributed by atoms with E-state index in [0.29, 0.717) is 18.7 Å². The molecule has 0 saturated heterocycles. The van der Waals surface area contributed by atoms with Crippen molar-refractivity contribution in [2.45, 2.75) is 25.8 Å². The van der Waals surface area contributed by atoms with E-state index in [9.17, 15) is 9.18 Å². The van der Waals surface area contributed by atoms with Gasteiger partial charge in [-0.25, -0.2) is 9.49 Å². The van der Waals surface area contributed by atoms with Crippen molar-refractivity contribution in [3.8, 4) is 0 Å². The molecule has 1 atom stereocenters. The number of nitrogens with zero attached hydrogens (tertiary/aromatic N) is 3. The van der Waals surface area contributed by atoms with Gasteiger partial charge in [0.05, 0.1) is 18.4 Å². The maximum absolute atomic E-state index is 13.3. The maximum Gasteiger partial charge on any atom is 0.243 e. The number of amides is 1. The van der Waals surface area contributed by atoms with E-state index in [1.807, 2.05) is 0 Å². The number of aliphatic imine (C=N–C) groups is 1. The van der Waals surface area contributed by atoms with Gasteiger partial charge in [-0.3, -0.25) is 15.1 Å². The molecule has 0 aliphatic rings. The van der Waals surface area contributed by atoms with Crippen LogP contribution in [0.15, 0.2) is 23.2 Å². The van der Waals surface area contributed by atoms with Crippen molar-refractivity contribution in [3.05, 3.63) is 18.2 Å². The van der Waals surface area contributed by atoms with Gasteiger partial charge >= 0.3 is 0 Å². The summed E-state index contributed by atoms with van der Waals surface area (Å²) in [5.74, 6) is -0.277. The SMILES string of the molecule is CC(N)=NC/C(F)=C\CC[C@H](N)C(=O)Nc1ncn[nH]1. The highest BCUT2D eigenvalue weighted by Crippen LogP contribution is 2.05. The van der Waals surface area contributed by atoms with E-state index in [0.717, 1.165) is 0 Å². The molecule has 1 aromatic heterocycles. The molecule has 0 bridgehead atoms. The van der Waals surface area contributed by atoms with Gasteiger partial charge < -0.3 is 11.5 Å². The van der Waals surface area contributed by atoms with Crippen molar-refractivity contribution in [3.63, 3.8) is 0 Å². The first kappa shape index (κ1) is 15.8. The predicted molar refractivity (Wildman–Crippen MR) is 73.6 cm³/mol. The second-order valence-corrected chi connectivity index (χ2v) is 4.12. The Kier molecular flexibility index (Phi) is 6.30. The van der Waals surface area contributed by atoms with Gasteiger partial charge in [-0.15, -0.1) is 0 Å². The van der Waals surface area contributed by atoms with Crippen LogP contribution in [0.3, 0.4) is 0 Å². The fourth-order valence-corrected chi connectivity index (χ4v) is 1.29. The first-order chi connectivity index (χ1) is 9.49. The second kappa shape index (κ2) is 8.00. The van der Waals surface area contributed by atoms with Gasteiger partial charge in [0.25, 0.3) is 0 Å². The number of halogens is 1. The largest absolute Gasteiger partial charge is 0.388 e. The second-order valence-electron chi connectivity index (χ2n) is 4.12. The lowest BCUT2D eigenvalue weighted by Gasteiger charge is -2.08. The van der Waals surface area contributed by atoms with E-state index >= 15 is 0 Å². The Hall–Kier alpha value is -2.29. The molecule has 0 radical (unpaired) electrons. The van der Waals surface area contributed by atoms with Crippen molar-refractivity contribution in [1.82, 2.24) is 15.2 Å². The molecule has 0 fully saturated rings. The van der Waals surface area contributed by atoms with Crippen LogP contribution in [0.5, 0.6) is 0 Å². The zero-order valence-electron chi connectivity index (χ0n) is 11.1. The number of carbonyl (C=O) groups is 1. The van der Waals surface area contributed by atoms with Crippen LogP contribution in [0, 0.1) is 0 Å². The number of nitrogens with one attached hydrogen (secondary N) is 2. The Morgan fingerprint density at radius 2 is 2.45 bits per heavy atom. The highest BCUT2D eigenvalue weighted by molar-refractivity contribution is 5.93. The quantitative estimate of drug-likeness (QED) is 0.415. The Balaban J connectivity index is 2.32. The molecule has 0 aromatic carbocycles. The standard InChI is InChI=1S/C11H18FN7O/c1-7(13)15-5-8(12)3-2-4-9(14)10(20)18-11-16-6-17-19-11/h3,6,9H,2,4-5,14H2,1H3,(H2,13,15)(H2,16,17,18,19,20)/b8-3+/t9-/m0/s1. The molecule has 1 amide bonds. The third-order valence-corrected chi connectivity index (χ3v) is 2.32. The van der Waals surface area contributed by atoms with Crippen molar-refractivity contribution in [1.29, 1.82) is 0 Å². The lowest BCUT2D eigenvalue weighted by Crippen LogP contribution is -2.35. The lowest BCUT2D eigenvalue weighted by atomic mass is 10.1. The Labute approximate surface area is 115 Å². The molecule has 6 N–H and O–H groups in total. The van der Waals surface area contributed by atoms with Crippen LogP contribution in [0.25, 0.3) is 0 Å². The van der Waals surface area contributed by atoms with Crippen LogP contribution in [-0.2, 0) is 4.79 Å². The molecule has 0 aliphatic heterocycles. The molecule has 0 spiro atoms. The minimum atomic E-state index is -0.760. The number of allylic oxidation sites excluding steroid dienone is 1. The third kappa shape index (κ3) is 6.05. The van der Waals surface area contributed by atoms with Crippen LogP contribution in [-0.4, -0.2) is 39.5 Å². The van der Waals surface area contributed by atoms with E-state index in [1.165, 1.54) is 12.4 Å². The highest BCUT2D eigenvalue weighted by atomic mass is 19.1. The number of hydrogen-bond donors (Lipinski definition) is 4. The summed E-state index contributed by atoms with van der Waals surface area (Å²) in [4.78, 5) is 19.1.